The van der Waals surface area contributed by atoms with Crippen molar-refractivity contribution in [3.8, 4) is 0 Å². The number of benzene rings is 1. The molecule has 0 spiro atoms. The first-order valence-electron chi connectivity index (χ1n) is 5.08. The molecule has 0 atom stereocenters. The highest BCUT2D eigenvalue weighted by Crippen LogP contribution is 2.24. The van der Waals surface area contributed by atoms with Crippen LogP contribution in [0.4, 0.5) is 0 Å². The second-order valence-corrected chi connectivity index (χ2v) is 5.93. The quantitative estimate of drug-likeness (QED) is 0.732. The summed E-state index contributed by atoms with van der Waals surface area (Å²) in [7, 11) is 2.10. The van der Waals surface area contributed by atoms with Gasteiger partial charge in [0.1, 0.15) is 0 Å². The Hall–Kier alpha value is 0.240. The van der Waals surface area contributed by atoms with Crippen LogP contribution in [0.3, 0.4) is 0 Å². The fraction of sp³-hybridized carbons (Fsp3) is 0.500. The number of hydrogen-bond acceptors (Lipinski definition) is 1. The maximum atomic E-state index is 5.99. The zero-order valence-electron chi connectivity index (χ0n) is 9.73. The van der Waals surface area contributed by atoms with E-state index in [1.165, 1.54) is 5.56 Å². The van der Waals surface area contributed by atoms with Gasteiger partial charge in [0, 0.05) is 17.4 Å². The molecule has 0 bridgehead atoms. The van der Waals surface area contributed by atoms with Crippen molar-refractivity contribution in [2.24, 2.45) is 0 Å². The summed E-state index contributed by atoms with van der Waals surface area (Å²) in [5.74, 6) is 0. The van der Waals surface area contributed by atoms with Crippen LogP contribution in [0.5, 0.6) is 0 Å². The van der Waals surface area contributed by atoms with Gasteiger partial charge in [0.25, 0.3) is 0 Å². The minimum atomic E-state index is 0.117. The van der Waals surface area contributed by atoms with Crippen LogP contribution in [0.1, 0.15) is 19.4 Å². The second kappa shape index (κ2) is 5.72. The van der Waals surface area contributed by atoms with E-state index in [4.69, 9.17) is 23.2 Å². The van der Waals surface area contributed by atoms with Crippen molar-refractivity contribution in [3.63, 3.8) is 0 Å². The summed E-state index contributed by atoms with van der Waals surface area (Å²) >= 11 is 15.4. The Morgan fingerprint density at radius 1 is 1.25 bits per heavy atom. The Kier molecular flexibility index (Phi) is 5.11. The van der Waals surface area contributed by atoms with Crippen molar-refractivity contribution in [3.05, 3.63) is 33.8 Å². The zero-order valence-corrected chi connectivity index (χ0v) is 12.8. The molecule has 0 aliphatic heterocycles. The van der Waals surface area contributed by atoms with Crippen LogP contribution in [0.25, 0.3) is 0 Å². The molecule has 0 saturated heterocycles. The Morgan fingerprint density at radius 3 is 2.38 bits per heavy atom. The SMILES string of the molecule is CN(Cc1ccc(Cl)c(Cl)c1)C(C)(C)CBr. The van der Waals surface area contributed by atoms with Gasteiger partial charge in [0.15, 0.2) is 0 Å². The molecule has 90 valence electrons. The van der Waals surface area contributed by atoms with Crippen molar-refractivity contribution in [2.45, 2.75) is 25.9 Å². The van der Waals surface area contributed by atoms with Gasteiger partial charge in [-0.25, -0.2) is 0 Å². The van der Waals surface area contributed by atoms with E-state index in [1.54, 1.807) is 0 Å². The fourth-order valence-corrected chi connectivity index (χ4v) is 1.98. The highest BCUT2D eigenvalue weighted by atomic mass is 79.9. The van der Waals surface area contributed by atoms with Crippen LogP contribution in [-0.2, 0) is 6.54 Å². The predicted octanol–water partition coefficient (Wildman–Crippen LogP) is 4.60. The molecule has 16 heavy (non-hydrogen) atoms. The largest absolute Gasteiger partial charge is 0.296 e. The first-order chi connectivity index (χ1) is 7.36. The van der Waals surface area contributed by atoms with Gasteiger partial charge in [0.05, 0.1) is 10.0 Å². The number of hydrogen-bond donors (Lipinski definition) is 0. The van der Waals surface area contributed by atoms with Gasteiger partial charge in [-0.2, -0.15) is 0 Å². The van der Waals surface area contributed by atoms with E-state index in [1.807, 2.05) is 18.2 Å². The van der Waals surface area contributed by atoms with Crippen LogP contribution in [0, 0.1) is 0 Å². The van der Waals surface area contributed by atoms with E-state index in [0.29, 0.717) is 10.0 Å². The lowest BCUT2D eigenvalue weighted by Crippen LogP contribution is -2.41. The van der Waals surface area contributed by atoms with E-state index in [9.17, 15) is 0 Å². The van der Waals surface area contributed by atoms with Crippen LogP contribution in [0.2, 0.25) is 10.0 Å². The maximum Gasteiger partial charge on any atom is 0.0595 e. The van der Waals surface area contributed by atoms with Gasteiger partial charge in [0.2, 0.25) is 0 Å². The monoisotopic (exact) mass is 323 g/mol. The van der Waals surface area contributed by atoms with Crippen molar-refractivity contribution >= 4 is 39.1 Å². The third-order valence-corrected chi connectivity index (χ3v) is 4.88. The number of rotatable bonds is 4. The minimum absolute atomic E-state index is 0.117. The molecule has 4 heteroatoms. The van der Waals surface area contributed by atoms with Crippen LogP contribution in [-0.4, -0.2) is 22.8 Å². The normalized spacial score (nSPS) is 12.2. The van der Waals surface area contributed by atoms with Gasteiger partial charge in [-0.1, -0.05) is 45.2 Å². The Morgan fingerprint density at radius 2 is 1.88 bits per heavy atom. The summed E-state index contributed by atoms with van der Waals surface area (Å²) in [5.41, 5.74) is 1.29. The van der Waals surface area contributed by atoms with E-state index in [-0.39, 0.29) is 5.54 Å². The third-order valence-electron chi connectivity index (χ3n) is 2.76. The molecule has 0 heterocycles. The molecule has 1 nitrogen and oxygen atoms in total. The third kappa shape index (κ3) is 3.63. The molecule has 0 unspecified atom stereocenters. The number of halogens is 3. The molecule has 0 amide bonds. The molecular formula is C12H16BrCl2N. The average Bonchev–Trinajstić information content (AvgIpc) is 2.23. The molecular weight excluding hydrogens is 309 g/mol. The van der Waals surface area contributed by atoms with E-state index in [0.717, 1.165) is 11.9 Å². The summed E-state index contributed by atoms with van der Waals surface area (Å²) in [6.07, 6.45) is 0. The van der Waals surface area contributed by atoms with Gasteiger partial charge in [-0.15, -0.1) is 0 Å². The molecule has 0 aromatic heterocycles. The predicted molar refractivity (Wildman–Crippen MR) is 75.8 cm³/mol. The maximum absolute atomic E-state index is 5.99. The van der Waals surface area contributed by atoms with Crippen LogP contribution >= 0.6 is 39.1 Å². The van der Waals surface area contributed by atoms with Crippen LogP contribution in [0.15, 0.2) is 18.2 Å². The fourth-order valence-electron chi connectivity index (χ4n) is 1.23. The highest BCUT2D eigenvalue weighted by molar-refractivity contribution is 9.09. The van der Waals surface area contributed by atoms with Gasteiger partial charge in [-0.05, 0) is 38.6 Å². The molecule has 1 rings (SSSR count). The lowest BCUT2D eigenvalue weighted by Gasteiger charge is -2.34. The molecule has 0 saturated carbocycles. The molecule has 1 aromatic carbocycles. The minimum Gasteiger partial charge on any atom is -0.296 e. The average molecular weight is 325 g/mol. The first kappa shape index (κ1) is 14.3. The zero-order chi connectivity index (χ0) is 12.3. The van der Waals surface area contributed by atoms with Crippen molar-refractivity contribution < 1.29 is 0 Å². The topological polar surface area (TPSA) is 3.24 Å². The Labute approximate surface area is 116 Å². The van der Waals surface area contributed by atoms with Crippen LogP contribution < -0.4 is 0 Å². The van der Waals surface area contributed by atoms with E-state index < -0.39 is 0 Å². The first-order valence-corrected chi connectivity index (χ1v) is 6.95. The molecule has 0 aliphatic rings. The van der Waals surface area contributed by atoms with Crippen molar-refractivity contribution in [1.82, 2.24) is 4.90 Å². The van der Waals surface area contributed by atoms with E-state index >= 15 is 0 Å². The Balaban J connectivity index is 2.77. The Bertz CT molecular complexity index is 366. The molecule has 0 N–H and O–H groups in total. The molecule has 0 aliphatic carbocycles. The van der Waals surface area contributed by atoms with Crippen molar-refractivity contribution in [2.75, 3.05) is 12.4 Å². The lowest BCUT2D eigenvalue weighted by atomic mass is 10.1. The number of alkyl halides is 1. The van der Waals surface area contributed by atoms with Crippen molar-refractivity contribution in [1.29, 1.82) is 0 Å². The van der Waals surface area contributed by atoms with Gasteiger partial charge in [-0.3, -0.25) is 4.90 Å². The lowest BCUT2D eigenvalue weighted by molar-refractivity contribution is 0.173. The molecule has 1 aromatic rings. The van der Waals surface area contributed by atoms with Gasteiger partial charge >= 0.3 is 0 Å². The standard InChI is InChI=1S/C12H16BrCl2N/c1-12(2,8-13)16(3)7-9-4-5-10(14)11(15)6-9/h4-6H,7-8H2,1-3H3. The molecule has 0 fully saturated rings. The smallest absolute Gasteiger partial charge is 0.0595 e. The second-order valence-electron chi connectivity index (χ2n) is 4.55. The number of nitrogens with zero attached hydrogens (tertiary/aromatic N) is 1. The highest BCUT2D eigenvalue weighted by Gasteiger charge is 2.21. The van der Waals surface area contributed by atoms with E-state index in [2.05, 4.69) is 41.7 Å². The summed E-state index contributed by atoms with van der Waals surface area (Å²) in [4.78, 5) is 2.28. The summed E-state index contributed by atoms with van der Waals surface area (Å²) in [5, 5.41) is 2.15. The van der Waals surface area contributed by atoms with Gasteiger partial charge < -0.3 is 0 Å². The summed E-state index contributed by atoms with van der Waals surface area (Å²) in [6.45, 7) is 5.24. The summed E-state index contributed by atoms with van der Waals surface area (Å²) < 4.78 is 0. The summed E-state index contributed by atoms with van der Waals surface area (Å²) in [6, 6.07) is 5.77. The molecule has 0 radical (unpaired) electrons.